The van der Waals surface area contributed by atoms with Gasteiger partial charge in [-0.25, -0.2) is 4.57 Å². The molecule has 0 spiro atoms. The minimum absolute atomic E-state index is 0.0573. The molecule has 0 radical (unpaired) electrons. The van der Waals surface area contributed by atoms with Gasteiger partial charge in [0.15, 0.2) is 6.20 Å². The lowest BCUT2D eigenvalue weighted by Gasteiger charge is -2.02. The number of pyridine rings is 1. The van der Waals surface area contributed by atoms with Gasteiger partial charge in [0.25, 0.3) is 0 Å². The topological polar surface area (TPSA) is 44.3 Å². The van der Waals surface area contributed by atoms with Crippen molar-refractivity contribution in [1.82, 2.24) is 0 Å². The van der Waals surface area contributed by atoms with Crippen LogP contribution in [0.25, 0.3) is 23.1 Å². The third kappa shape index (κ3) is 2.58. The Morgan fingerprint density at radius 3 is 2.48 bits per heavy atom. The summed E-state index contributed by atoms with van der Waals surface area (Å²) in [6, 6.07) is 14.8. The number of fused-ring (bicyclic) bond motifs is 1. The standard InChI is InChI=1S/C18H15NO2/c1-19-11-10-13(16-4-2-3-5-17(16)19)6-7-14-8-9-15(20)12-18(14)21/h2-12H,1H3,(H,20,21)/p+1. The third-order valence-corrected chi connectivity index (χ3v) is 3.53. The van der Waals surface area contributed by atoms with Crippen LogP contribution in [0.15, 0.2) is 54.7 Å². The summed E-state index contributed by atoms with van der Waals surface area (Å²) in [6.07, 6.45) is 5.82. The molecule has 0 bridgehead atoms. The Hall–Kier alpha value is -2.81. The minimum Gasteiger partial charge on any atom is -0.508 e. The monoisotopic (exact) mass is 278 g/mol. The zero-order valence-corrected chi connectivity index (χ0v) is 11.7. The van der Waals surface area contributed by atoms with Crippen molar-refractivity contribution in [1.29, 1.82) is 0 Å². The number of nitrogens with zero attached hydrogens (tertiary/aromatic N) is 1. The highest BCUT2D eigenvalue weighted by Gasteiger charge is 2.06. The van der Waals surface area contributed by atoms with Gasteiger partial charge in [0.05, 0.1) is 5.39 Å². The van der Waals surface area contributed by atoms with Gasteiger partial charge in [0.1, 0.15) is 18.5 Å². The van der Waals surface area contributed by atoms with Crippen molar-refractivity contribution in [3.63, 3.8) is 0 Å². The summed E-state index contributed by atoms with van der Waals surface area (Å²) in [5.41, 5.74) is 2.90. The maximum absolute atomic E-state index is 9.81. The molecular formula is C18H16NO2+. The molecule has 0 unspecified atom stereocenters. The van der Waals surface area contributed by atoms with Crippen LogP contribution in [0, 0.1) is 0 Å². The summed E-state index contributed by atoms with van der Waals surface area (Å²) in [5, 5.41) is 20.3. The zero-order valence-electron chi connectivity index (χ0n) is 11.7. The second kappa shape index (κ2) is 5.29. The number of phenolic OH excluding ortho intramolecular Hbond substituents is 2. The quantitative estimate of drug-likeness (QED) is 0.707. The molecule has 21 heavy (non-hydrogen) atoms. The fourth-order valence-electron chi connectivity index (χ4n) is 2.39. The summed E-state index contributed by atoms with van der Waals surface area (Å²) in [7, 11) is 2.02. The largest absolute Gasteiger partial charge is 0.508 e. The highest BCUT2D eigenvalue weighted by atomic mass is 16.3. The summed E-state index contributed by atoms with van der Waals surface area (Å²) in [6.45, 7) is 0. The molecule has 3 heteroatoms. The molecule has 0 aliphatic heterocycles. The van der Waals surface area contributed by atoms with Crippen LogP contribution in [0.5, 0.6) is 11.5 Å². The van der Waals surface area contributed by atoms with E-state index in [1.165, 1.54) is 6.07 Å². The predicted molar refractivity (Wildman–Crippen MR) is 83.8 cm³/mol. The number of phenols is 2. The third-order valence-electron chi connectivity index (χ3n) is 3.53. The molecule has 0 saturated carbocycles. The highest BCUT2D eigenvalue weighted by molar-refractivity contribution is 5.89. The Kier molecular flexibility index (Phi) is 3.32. The number of rotatable bonds is 2. The van der Waals surface area contributed by atoms with Crippen molar-refractivity contribution >= 4 is 23.1 Å². The van der Waals surface area contributed by atoms with Crippen LogP contribution in [-0.4, -0.2) is 10.2 Å². The number of para-hydroxylation sites is 1. The molecule has 1 heterocycles. The predicted octanol–water partition coefficient (Wildman–Crippen LogP) is 3.25. The lowest BCUT2D eigenvalue weighted by Crippen LogP contribution is -2.28. The molecule has 0 saturated heterocycles. The first kappa shape index (κ1) is 13.2. The first-order valence-electron chi connectivity index (χ1n) is 6.72. The van der Waals surface area contributed by atoms with Gasteiger partial charge in [-0.3, -0.25) is 0 Å². The highest BCUT2D eigenvalue weighted by Crippen LogP contribution is 2.25. The van der Waals surface area contributed by atoms with E-state index in [0.29, 0.717) is 5.56 Å². The Morgan fingerprint density at radius 1 is 0.905 bits per heavy atom. The Balaban J connectivity index is 2.06. The molecule has 0 amide bonds. The number of benzene rings is 2. The Morgan fingerprint density at radius 2 is 1.67 bits per heavy atom. The molecule has 104 valence electrons. The van der Waals surface area contributed by atoms with Gasteiger partial charge in [0.2, 0.25) is 5.52 Å². The molecular weight excluding hydrogens is 262 g/mol. The summed E-state index contributed by atoms with van der Waals surface area (Å²) in [4.78, 5) is 0. The molecule has 0 fully saturated rings. The van der Waals surface area contributed by atoms with Gasteiger partial charge in [-0.15, -0.1) is 0 Å². The molecule has 3 aromatic rings. The van der Waals surface area contributed by atoms with Gasteiger partial charge in [0, 0.05) is 23.8 Å². The number of aromatic nitrogens is 1. The molecule has 3 rings (SSSR count). The second-order valence-corrected chi connectivity index (χ2v) is 4.98. The van der Waals surface area contributed by atoms with Gasteiger partial charge in [-0.2, -0.15) is 0 Å². The first-order valence-corrected chi connectivity index (χ1v) is 6.72. The van der Waals surface area contributed by atoms with Gasteiger partial charge in [-0.05, 0) is 23.8 Å². The van der Waals surface area contributed by atoms with E-state index in [0.717, 1.165) is 16.5 Å². The van der Waals surface area contributed by atoms with Crippen molar-refractivity contribution in [2.45, 2.75) is 0 Å². The van der Waals surface area contributed by atoms with Crippen LogP contribution in [0.4, 0.5) is 0 Å². The maximum Gasteiger partial charge on any atom is 0.212 e. The lowest BCUT2D eigenvalue weighted by molar-refractivity contribution is -0.644. The molecule has 0 aliphatic carbocycles. The number of aryl methyl sites for hydroxylation is 1. The SMILES string of the molecule is C[n+]1ccc(/C=C/c2ccc(O)cc2O)c2ccccc21. The van der Waals surface area contributed by atoms with E-state index in [1.807, 2.05) is 43.6 Å². The second-order valence-electron chi connectivity index (χ2n) is 4.98. The van der Waals surface area contributed by atoms with E-state index >= 15 is 0 Å². The van der Waals surface area contributed by atoms with Crippen LogP contribution in [-0.2, 0) is 7.05 Å². The van der Waals surface area contributed by atoms with Crippen LogP contribution in [0.3, 0.4) is 0 Å². The van der Waals surface area contributed by atoms with Gasteiger partial charge in [-0.1, -0.05) is 24.3 Å². The van der Waals surface area contributed by atoms with Crippen LogP contribution in [0.2, 0.25) is 0 Å². The molecule has 0 atom stereocenters. The number of hydrogen-bond acceptors (Lipinski definition) is 2. The van der Waals surface area contributed by atoms with E-state index in [2.05, 4.69) is 16.7 Å². The fourth-order valence-corrected chi connectivity index (χ4v) is 2.39. The maximum atomic E-state index is 9.81. The van der Waals surface area contributed by atoms with E-state index in [1.54, 1.807) is 12.1 Å². The normalized spacial score (nSPS) is 11.3. The lowest BCUT2D eigenvalue weighted by atomic mass is 10.1. The van der Waals surface area contributed by atoms with Crippen LogP contribution < -0.4 is 4.57 Å². The average molecular weight is 278 g/mol. The van der Waals surface area contributed by atoms with Crippen LogP contribution >= 0.6 is 0 Å². The average Bonchev–Trinajstić information content (AvgIpc) is 2.48. The van der Waals surface area contributed by atoms with E-state index in [4.69, 9.17) is 0 Å². The summed E-state index contributed by atoms with van der Waals surface area (Å²) < 4.78 is 2.07. The summed E-state index contributed by atoms with van der Waals surface area (Å²) in [5.74, 6) is 0.124. The van der Waals surface area contributed by atoms with Crippen molar-refractivity contribution in [3.05, 3.63) is 65.9 Å². The summed E-state index contributed by atoms with van der Waals surface area (Å²) >= 11 is 0. The van der Waals surface area contributed by atoms with Crippen molar-refractivity contribution in [2.75, 3.05) is 0 Å². The number of aromatic hydroxyl groups is 2. The fraction of sp³-hybridized carbons (Fsp3) is 0.0556. The van der Waals surface area contributed by atoms with E-state index < -0.39 is 0 Å². The molecule has 1 aromatic heterocycles. The molecule has 2 N–H and O–H groups in total. The first-order chi connectivity index (χ1) is 10.1. The van der Waals surface area contributed by atoms with E-state index in [-0.39, 0.29) is 11.5 Å². The number of hydrogen-bond donors (Lipinski definition) is 2. The Bertz CT molecular complexity index is 838. The molecule has 3 nitrogen and oxygen atoms in total. The van der Waals surface area contributed by atoms with E-state index in [9.17, 15) is 10.2 Å². The zero-order chi connectivity index (χ0) is 14.8. The smallest absolute Gasteiger partial charge is 0.212 e. The van der Waals surface area contributed by atoms with Crippen LogP contribution in [0.1, 0.15) is 11.1 Å². The molecule has 2 aromatic carbocycles. The van der Waals surface area contributed by atoms with Gasteiger partial charge >= 0.3 is 0 Å². The van der Waals surface area contributed by atoms with Crippen molar-refractivity contribution < 1.29 is 14.8 Å². The Labute approximate surface area is 123 Å². The van der Waals surface area contributed by atoms with Crippen molar-refractivity contribution in [3.8, 4) is 11.5 Å². The minimum atomic E-state index is 0.0573. The van der Waals surface area contributed by atoms with Crippen molar-refractivity contribution in [2.24, 2.45) is 7.05 Å². The molecule has 0 aliphatic rings. The van der Waals surface area contributed by atoms with Gasteiger partial charge < -0.3 is 10.2 Å².